The molecule has 1 atom stereocenters. The lowest BCUT2D eigenvalue weighted by atomic mass is 9.88. The fourth-order valence-electron chi connectivity index (χ4n) is 2.56. The zero-order chi connectivity index (χ0) is 12.3. The molecular weight excluding hydrogens is 208 g/mol. The van der Waals surface area contributed by atoms with E-state index >= 15 is 0 Å². The van der Waals surface area contributed by atoms with Crippen molar-refractivity contribution in [3.8, 4) is 0 Å². The van der Waals surface area contributed by atoms with Gasteiger partial charge in [-0.2, -0.15) is 0 Å². The van der Waals surface area contributed by atoms with Crippen LogP contribution in [0.3, 0.4) is 0 Å². The van der Waals surface area contributed by atoms with Crippen LogP contribution in [0.2, 0.25) is 0 Å². The molecule has 1 aliphatic heterocycles. The Morgan fingerprint density at radius 1 is 1.35 bits per heavy atom. The first-order valence-corrected chi connectivity index (χ1v) is 6.74. The number of hydrogen-bond acceptors (Lipinski definition) is 2. The van der Waals surface area contributed by atoms with Crippen molar-refractivity contribution in [3.05, 3.63) is 24.4 Å². The summed E-state index contributed by atoms with van der Waals surface area (Å²) in [5.41, 5.74) is 0.443. The summed E-state index contributed by atoms with van der Waals surface area (Å²) < 4.78 is 0. The average Bonchev–Trinajstić information content (AvgIpc) is 2.75. The van der Waals surface area contributed by atoms with Gasteiger partial charge in [-0.05, 0) is 43.2 Å². The smallest absolute Gasteiger partial charge is 0.128 e. The molecule has 0 N–H and O–H groups in total. The Bertz CT molecular complexity index is 340. The highest BCUT2D eigenvalue weighted by Crippen LogP contribution is 2.30. The van der Waals surface area contributed by atoms with E-state index in [1.54, 1.807) is 0 Å². The molecule has 94 valence electrons. The van der Waals surface area contributed by atoms with Gasteiger partial charge >= 0.3 is 0 Å². The van der Waals surface area contributed by atoms with Crippen molar-refractivity contribution in [2.75, 3.05) is 11.4 Å². The van der Waals surface area contributed by atoms with Gasteiger partial charge in [-0.25, -0.2) is 4.98 Å². The zero-order valence-electron chi connectivity index (χ0n) is 11.3. The third-order valence-electron chi connectivity index (χ3n) is 3.55. The van der Waals surface area contributed by atoms with Crippen molar-refractivity contribution in [1.29, 1.82) is 0 Å². The molecule has 0 bridgehead atoms. The minimum absolute atomic E-state index is 0.443. The number of anilines is 1. The van der Waals surface area contributed by atoms with Gasteiger partial charge in [-0.1, -0.05) is 26.8 Å². The summed E-state index contributed by atoms with van der Waals surface area (Å²) in [4.78, 5) is 6.97. The molecule has 1 unspecified atom stereocenters. The minimum atomic E-state index is 0.443. The number of pyridine rings is 1. The molecule has 2 heteroatoms. The molecule has 0 amide bonds. The van der Waals surface area contributed by atoms with E-state index in [2.05, 4.69) is 42.8 Å². The number of aromatic nitrogens is 1. The van der Waals surface area contributed by atoms with Crippen LogP contribution in [0.4, 0.5) is 5.82 Å². The summed E-state index contributed by atoms with van der Waals surface area (Å²) in [6.45, 7) is 8.15. The van der Waals surface area contributed by atoms with Gasteiger partial charge in [0.25, 0.3) is 0 Å². The van der Waals surface area contributed by atoms with Gasteiger partial charge in [-0.15, -0.1) is 0 Å². The predicted molar refractivity (Wildman–Crippen MR) is 73.3 cm³/mol. The number of rotatable bonds is 3. The number of hydrogen-bond donors (Lipinski definition) is 0. The fraction of sp³-hybridized carbons (Fsp3) is 0.667. The van der Waals surface area contributed by atoms with Crippen LogP contribution >= 0.6 is 0 Å². The van der Waals surface area contributed by atoms with Gasteiger partial charge in [-0.3, -0.25) is 0 Å². The second-order valence-electron chi connectivity index (χ2n) is 6.28. The summed E-state index contributed by atoms with van der Waals surface area (Å²) in [6.07, 6.45) is 7.12. The molecular formula is C15H24N2. The van der Waals surface area contributed by atoms with Gasteiger partial charge in [0.1, 0.15) is 5.82 Å². The molecule has 0 spiro atoms. The van der Waals surface area contributed by atoms with E-state index in [0.29, 0.717) is 11.5 Å². The molecule has 0 radical (unpaired) electrons. The van der Waals surface area contributed by atoms with Crippen LogP contribution in [0.1, 0.15) is 46.5 Å². The van der Waals surface area contributed by atoms with E-state index in [9.17, 15) is 0 Å². The summed E-state index contributed by atoms with van der Waals surface area (Å²) in [5.74, 6) is 1.16. The van der Waals surface area contributed by atoms with E-state index in [0.717, 1.165) is 5.82 Å². The molecule has 1 saturated heterocycles. The molecule has 2 nitrogen and oxygen atoms in total. The van der Waals surface area contributed by atoms with Gasteiger partial charge < -0.3 is 4.90 Å². The van der Waals surface area contributed by atoms with Crippen LogP contribution in [-0.2, 0) is 0 Å². The lowest BCUT2D eigenvalue weighted by Gasteiger charge is -2.28. The SMILES string of the molecule is CC(C)(C)CCC1CCCN1c1ccccn1. The van der Waals surface area contributed by atoms with E-state index in [1.807, 2.05) is 12.3 Å². The summed E-state index contributed by atoms with van der Waals surface area (Å²) in [5, 5.41) is 0. The van der Waals surface area contributed by atoms with Crippen molar-refractivity contribution in [1.82, 2.24) is 4.98 Å². The highest BCUT2D eigenvalue weighted by atomic mass is 15.2. The van der Waals surface area contributed by atoms with Crippen molar-refractivity contribution in [2.24, 2.45) is 5.41 Å². The third-order valence-corrected chi connectivity index (χ3v) is 3.55. The van der Waals surface area contributed by atoms with Gasteiger partial charge in [0.15, 0.2) is 0 Å². The summed E-state index contributed by atoms with van der Waals surface area (Å²) >= 11 is 0. The van der Waals surface area contributed by atoms with Crippen LogP contribution in [0, 0.1) is 5.41 Å². The molecule has 1 fully saturated rings. The van der Waals surface area contributed by atoms with Crippen molar-refractivity contribution < 1.29 is 0 Å². The van der Waals surface area contributed by atoms with Crippen LogP contribution in [0.25, 0.3) is 0 Å². The maximum Gasteiger partial charge on any atom is 0.128 e. The van der Waals surface area contributed by atoms with Crippen molar-refractivity contribution in [2.45, 2.75) is 52.5 Å². The largest absolute Gasteiger partial charge is 0.354 e. The lowest BCUT2D eigenvalue weighted by molar-refractivity contribution is 0.347. The van der Waals surface area contributed by atoms with E-state index in [-0.39, 0.29) is 0 Å². The zero-order valence-corrected chi connectivity index (χ0v) is 11.3. The van der Waals surface area contributed by atoms with Crippen LogP contribution in [0.5, 0.6) is 0 Å². The third kappa shape index (κ3) is 3.45. The Morgan fingerprint density at radius 2 is 2.18 bits per heavy atom. The Morgan fingerprint density at radius 3 is 2.82 bits per heavy atom. The van der Waals surface area contributed by atoms with Crippen LogP contribution in [0.15, 0.2) is 24.4 Å². The normalized spacial score (nSPS) is 20.9. The van der Waals surface area contributed by atoms with E-state index in [4.69, 9.17) is 0 Å². The minimum Gasteiger partial charge on any atom is -0.354 e. The molecule has 17 heavy (non-hydrogen) atoms. The molecule has 0 saturated carbocycles. The molecule has 0 aromatic carbocycles. The van der Waals surface area contributed by atoms with E-state index < -0.39 is 0 Å². The maximum absolute atomic E-state index is 4.48. The van der Waals surface area contributed by atoms with Gasteiger partial charge in [0.05, 0.1) is 0 Å². The van der Waals surface area contributed by atoms with Crippen LogP contribution in [-0.4, -0.2) is 17.6 Å². The average molecular weight is 232 g/mol. The fourth-order valence-corrected chi connectivity index (χ4v) is 2.56. The second-order valence-corrected chi connectivity index (χ2v) is 6.28. The highest BCUT2D eigenvalue weighted by molar-refractivity contribution is 5.40. The van der Waals surface area contributed by atoms with Crippen molar-refractivity contribution >= 4 is 5.82 Å². The first kappa shape index (κ1) is 12.4. The van der Waals surface area contributed by atoms with E-state index in [1.165, 1.54) is 32.2 Å². The molecule has 1 aromatic heterocycles. The standard InChI is InChI=1S/C15H24N2/c1-15(2,3)10-9-13-7-6-12-17(13)14-8-4-5-11-16-14/h4-5,8,11,13H,6-7,9-10,12H2,1-3H3. The van der Waals surface area contributed by atoms with Crippen molar-refractivity contribution in [3.63, 3.8) is 0 Å². The number of nitrogens with zero attached hydrogens (tertiary/aromatic N) is 2. The molecule has 2 heterocycles. The Kier molecular flexibility index (Phi) is 3.70. The van der Waals surface area contributed by atoms with Gasteiger partial charge in [0.2, 0.25) is 0 Å². The molecule has 2 rings (SSSR count). The Balaban J connectivity index is 1.98. The first-order chi connectivity index (χ1) is 8.06. The monoisotopic (exact) mass is 232 g/mol. The summed E-state index contributed by atoms with van der Waals surface area (Å²) in [6, 6.07) is 6.91. The highest BCUT2D eigenvalue weighted by Gasteiger charge is 2.26. The second kappa shape index (κ2) is 5.07. The first-order valence-electron chi connectivity index (χ1n) is 6.74. The van der Waals surface area contributed by atoms with Crippen LogP contribution < -0.4 is 4.90 Å². The quantitative estimate of drug-likeness (QED) is 0.786. The summed E-state index contributed by atoms with van der Waals surface area (Å²) in [7, 11) is 0. The lowest BCUT2D eigenvalue weighted by Crippen LogP contribution is -2.30. The maximum atomic E-state index is 4.48. The van der Waals surface area contributed by atoms with Gasteiger partial charge in [0, 0.05) is 18.8 Å². The Labute approximate surface area is 105 Å². The molecule has 0 aliphatic carbocycles. The predicted octanol–water partition coefficient (Wildman–Crippen LogP) is 3.88. The topological polar surface area (TPSA) is 16.1 Å². The molecule has 1 aromatic rings. The Hall–Kier alpha value is -1.05. The molecule has 1 aliphatic rings.